The maximum Gasteiger partial charge on any atom is 0.223 e. The number of phenols is 1. The summed E-state index contributed by atoms with van der Waals surface area (Å²) in [6.45, 7) is 4.48. The van der Waals surface area contributed by atoms with Gasteiger partial charge in [-0.15, -0.1) is 0 Å². The van der Waals surface area contributed by atoms with Crippen molar-refractivity contribution >= 4 is 5.91 Å². The lowest BCUT2D eigenvalue weighted by Gasteiger charge is -2.27. The molecule has 1 aromatic carbocycles. The molecule has 0 aliphatic carbocycles. The molecule has 0 saturated heterocycles. The molecule has 2 atom stereocenters. The van der Waals surface area contributed by atoms with Crippen LogP contribution < -0.4 is 5.73 Å². The number of nitrogens with zero attached hydrogens (tertiary/aromatic N) is 1. The molecule has 0 aliphatic heterocycles. The Balaban J connectivity index is 2.74. The van der Waals surface area contributed by atoms with Gasteiger partial charge in [0, 0.05) is 19.0 Å². The third-order valence-corrected chi connectivity index (χ3v) is 3.74. The van der Waals surface area contributed by atoms with Crippen LogP contribution in [0.4, 0.5) is 0 Å². The molecule has 0 saturated carbocycles. The number of phenolic OH excluding ortho intramolecular Hbond substituents is 1. The van der Waals surface area contributed by atoms with E-state index in [1.54, 1.807) is 24.1 Å². The van der Waals surface area contributed by atoms with Crippen LogP contribution in [0.2, 0.25) is 0 Å². The monoisotopic (exact) mass is 264 g/mol. The molecule has 106 valence electrons. The van der Waals surface area contributed by atoms with Crippen LogP contribution in [0.15, 0.2) is 24.3 Å². The number of carbonyl (C=O) groups excluding carboxylic acids is 1. The first-order chi connectivity index (χ1) is 9.01. The van der Waals surface area contributed by atoms with Gasteiger partial charge in [-0.3, -0.25) is 4.79 Å². The second-order valence-electron chi connectivity index (χ2n) is 4.95. The summed E-state index contributed by atoms with van der Waals surface area (Å²) in [4.78, 5) is 13.9. The van der Waals surface area contributed by atoms with Crippen molar-refractivity contribution in [2.45, 2.75) is 32.7 Å². The van der Waals surface area contributed by atoms with Crippen LogP contribution in [0.1, 0.15) is 38.3 Å². The predicted octanol–water partition coefficient (Wildman–Crippen LogP) is 2.29. The van der Waals surface area contributed by atoms with E-state index in [-0.39, 0.29) is 23.6 Å². The number of benzene rings is 1. The van der Waals surface area contributed by atoms with Crippen LogP contribution in [0.3, 0.4) is 0 Å². The Morgan fingerprint density at radius 1 is 1.42 bits per heavy atom. The van der Waals surface area contributed by atoms with Crippen LogP contribution in [0, 0.1) is 5.92 Å². The van der Waals surface area contributed by atoms with E-state index in [9.17, 15) is 9.90 Å². The van der Waals surface area contributed by atoms with E-state index in [1.807, 2.05) is 26.0 Å². The van der Waals surface area contributed by atoms with Crippen molar-refractivity contribution in [3.8, 4) is 5.75 Å². The highest BCUT2D eigenvalue weighted by Crippen LogP contribution is 2.27. The highest BCUT2D eigenvalue weighted by atomic mass is 16.3. The zero-order valence-corrected chi connectivity index (χ0v) is 12.0. The quantitative estimate of drug-likeness (QED) is 0.828. The number of amides is 1. The third kappa shape index (κ3) is 3.96. The molecule has 0 aromatic heterocycles. The first-order valence-corrected chi connectivity index (χ1v) is 6.74. The summed E-state index contributed by atoms with van der Waals surface area (Å²) in [5.74, 6) is 0.514. The molecule has 0 bridgehead atoms. The van der Waals surface area contributed by atoms with Crippen LogP contribution in [0.25, 0.3) is 0 Å². The van der Waals surface area contributed by atoms with E-state index in [0.717, 1.165) is 12.0 Å². The molecule has 4 heteroatoms. The summed E-state index contributed by atoms with van der Waals surface area (Å²) in [6.07, 6.45) is 1.36. The minimum absolute atomic E-state index is 0.0630. The third-order valence-electron chi connectivity index (χ3n) is 3.74. The zero-order valence-electron chi connectivity index (χ0n) is 12.0. The van der Waals surface area contributed by atoms with Crippen molar-refractivity contribution in [1.82, 2.24) is 4.90 Å². The molecule has 1 rings (SSSR count). The van der Waals surface area contributed by atoms with Gasteiger partial charge in [0.25, 0.3) is 0 Å². The Labute approximate surface area is 115 Å². The highest BCUT2D eigenvalue weighted by molar-refractivity contribution is 5.76. The van der Waals surface area contributed by atoms with Gasteiger partial charge in [-0.2, -0.15) is 0 Å². The number of rotatable bonds is 6. The lowest BCUT2D eigenvalue weighted by molar-refractivity contribution is -0.132. The minimum Gasteiger partial charge on any atom is -0.508 e. The van der Waals surface area contributed by atoms with Gasteiger partial charge in [0.1, 0.15) is 5.75 Å². The van der Waals surface area contributed by atoms with E-state index in [0.29, 0.717) is 13.0 Å². The van der Waals surface area contributed by atoms with Gasteiger partial charge in [0.15, 0.2) is 0 Å². The summed E-state index contributed by atoms with van der Waals surface area (Å²) in [5, 5.41) is 9.83. The zero-order chi connectivity index (χ0) is 14.4. The number of carbonyl (C=O) groups is 1. The molecule has 2 unspecified atom stereocenters. The Morgan fingerprint density at radius 3 is 2.58 bits per heavy atom. The maximum atomic E-state index is 12.2. The van der Waals surface area contributed by atoms with Gasteiger partial charge < -0.3 is 15.7 Å². The normalized spacial score (nSPS) is 13.9. The van der Waals surface area contributed by atoms with Crippen LogP contribution in [-0.2, 0) is 4.79 Å². The smallest absolute Gasteiger partial charge is 0.223 e. The summed E-state index contributed by atoms with van der Waals surface area (Å²) >= 11 is 0. The fourth-order valence-electron chi connectivity index (χ4n) is 2.05. The van der Waals surface area contributed by atoms with E-state index in [4.69, 9.17) is 5.73 Å². The maximum absolute atomic E-state index is 12.2. The fourth-order valence-corrected chi connectivity index (χ4v) is 2.05. The molecular formula is C15H24N2O2. The average Bonchev–Trinajstić information content (AvgIpc) is 2.43. The largest absolute Gasteiger partial charge is 0.508 e. The Kier molecular flexibility index (Phi) is 5.83. The molecular weight excluding hydrogens is 240 g/mol. The first kappa shape index (κ1) is 15.5. The van der Waals surface area contributed by atoms with E-state index in [2.05, 4.69) is 0 Å². The molecule has 0 radical (unpaired) electrons. The summed E-state index contributed by atoms with van der Waals surface area (Å²) in [5.41, 5.74) is 6.40. The average molecular weight is 264 g/mol. The fraction of sp³-hybridized carbons (Fsp3) is 0.533. The molecule has 1 amide bonds. The SMILES string of the molecule is CCC(CN)CC(=O)N(C)C(C)c1ccccc1O. The van der Waals surface area contributed by atoms with E-state index in [1.165, 1.54) is 0 Å². The van der Waals surface area contributed by atoms with Crippen molar-refractivity contribution in [3.63, 3.8) is 0 Å². The Hall–Kier alpha value is -1.55. The number of hydrogen-bond donors (Lipinski definition) is 2. The van der Waals surface area contributed by atoms with Crippen molar-refractivity contribution in [3.05, 3.63) is 29.8 Å². The topological polar surface area (TPSA) is 66.6 Å². The standard InChI is InChI=1S/C15H24N2O2/c1-4-12(10-16)9-15(19)17(3)11(2)13-7-5-6-8-14(13)18/h5-8,11-12,18H,4,9-10,16H2,1-3H3. The van der Waals surface area contributed by atoms with Crippen molar-refractivity contribution in [2.75, 3.05) is 13.6 Å². The van der Waals surface area contributed by atoms with Crippen LogP contribution in [-0.4, -0.2) is 29.5 Å². The molecule has 4 nitrogen and oxygen atoms in total. The molecule has 3 N–H and O–H groups in total. The lowest BCUT2D eigenvalue weighted by Crippen LogP contribution is -2.32. The molecule has 0 aliphatic rings. The predicted molar refractivity (Wildman–Crippen MR) is 76.7 cm³/mol. The first-order valence-electron chi connectivity index (χ1n) is 6.74. The van der Waals surface area contributed by atoms with E-state index < -0.39 is 0 Å². The van der Waals surface area contributed by atoms with E-state index >= 15 is 0 Å². The van der Waals surface area contributed by atoms with Crippen molar-refractivity contribution in [2.24, 2.45) is 11.7 Å². The van der Waals surface area contributed by atoms with Crippen molar-refractivity contribution in [1.29, 1.82) is 0 Å². The highest BCUT2D eigenvalue weighted by Gasteiger charge is 2.21. The van der Waals surface area contributed by atoms with Gasteiger partial charge in [-0.25, -0.2) is 0 Å². The van der Waals surface area contributed by atoms with Gasteiger partial charge in [-0.05, 0) is 25.5 Å². The van der Waals surface area contributed by atoms with Gasteiger partial charge >= 0.3 is 0 Å². The number of aromatic hydroxyl groups is 1. The Bertz CT molecular complexity index is 416. The number of para-hydroxylation sites is 1. The van der Waals surface area contributed by atoms with Crippen molar-refractivity contribution < 1.29 is 9.90 Å². The summed E-state index contributed by atoms with van der Waals surface area (Å²) in [7, 11) is 1.77. The van der Waals surface area contributed by atoms with Gasteiger partial charge in [-0.1, -0.05) is 31.5 Å². The molecule has 1 aromatic rings. The molecule has 0 heterocycles. The van der Waals surface area contributed by atoms with Gasteiger partial charge in [0.2, 0.25) is 5.91 Å². The number of nitrogens with two attached hydrogens (primary N) is 1. The summed E-state index contributed by atoms with van der Waals surface area (Å²) in [6, 6.07) is 6.96. The summed E-state index contributed by atoms with van der Waals surface area (Å²) < 4.78 is 0. The second kappa shape index (κ2) is 7.14. The Morgan fingerprint density at radius 2 is 2.05 bits per heavy atom. The molecule has 0 fully saturated rings. The van der Waals surface area contributed by atoms with Crippen LogP contribution >= 0.6 is 0 Å². The van der Waals surface area contributed by atoms with Crippen LogP contribution in [0.5, 0.6) is 5.75 Å². The molecule has 0 spiro atoms. The minimum atomic E-state index is -0.149. The lowest BCUT2D eigenvalue weighted by atomic mass is 10.0. The second-order valence-corrected chi connectivity index (χ2v) is 4.95. The molecule has 19 heavy (non-hydrogen) atoms. The number of hydrogen-bond acceptors (Lipinski definition) is 3. The van der Waals surface area contributed by atoms with Gasteiger partial charge in [0.05, 0.1) is 6.04 Å².